The van der Waals surface area contributed by atoms with Crippen LogP contribution in [0.25, 0.3) is 0 Å². The average Bonchev–Trinajstić information content (AvgIpc) is 2.73. The van der Waals surface area contributed by atoms with Crippen molar-refractivity contribution in [2.45, 2.75) is 84.7 Å². The fourth-order valence-electron chi connectivity index (χ4n) is 5.19. The van der Waals surface area contributed by atoms with Crippen LogP contribution in [0.15, 0.2) is 10.6 Å². The topological polar surface area (TPSA) is 0 Å². The molecule has 0 aromatic carbocycles. The third-order valence-corrected chi connectivity index (χ3v) is 6.88. The molecule has 0 aliphatic heterocycles. The highest BCUT2D eigenvalue weighted by Gasteiger charge is 2.50. The summed E-state index contributed by atoms with van der Waals surface area (Å²) in [6.45, 7) is 8.35. The van der Waals surface area contributed by atoms with Crippen LogP contribution in [-0.2, 0) is 0 Å². The molecule has 0 saturated heterocycles. The summed E-state index contributed by atoms with van der Waals surface area (Å²) in [5, 5.41) is 0. The van der Waals surface area contributed by atoms with Crippen molar-refractivity contribution in [1.82, 2.24) is 0 Å². The molecule has 0 N–H and O–H groups in total. The third-order valence-electron chi connectivity index (χ3n) is 6.30. The summed E-state index contributed by atoms with van der Waals surface area (Å²) in [7, 11) is 0. The Bertz CT molecular complexity index is 382. The molecule has 2 heteroatoms. The highest BCUT2D eigenvalue weighted by molar-refractivity contribution is 9.11. The SMILES string of the molecule is C[C@H](CCCC(C)(C)F)[C@H]1CC[C@H]2/C(=C/Br)CCCC12C. The van der Waals surface area contributed by atoms with Crippen LogP contribution in [0.3, 0.4) is 0 Å². The number of hydrogen-bond donors (Lipinski definition) is 0. The Morgan fingerprint density at radius 3 is 2.76 bits per heavy atom. The molecule has 0 nitrogen and oxygen atoms in total. The van der Waals surface area contributed by atoms with Crippen LogP contribution in [0.2, 0.25) is 0 Å². The summed E-state index contributed by atoms with van der Waals surface area (Å²) in [4.78, 5) is 2.20. The summed E-state index contributed by atoms with van der Waals surface area (Å²) in [6, 6.07) is 0. The minimum absolute atomic E-state index is 0.489. The zero-order chi connectivity index (χ0) is 15.7. The first-order valence-electron chi connectivity index (χ1n) is 8.76. The van der Waals surface area contributed by atoms with Gasteiger partial charge in [0.05, 0.1) is 0 Å². The van der Waals surface area contributed by atoms with Gasteiger partial charge in [-0.15, -0.1) is 0 Å². The molecule has 2 fully saturated rings. The normalized spacial score (nSPS) is 36.8. The summed E-state index contributed by atoms with van der Waals surface area (Å²) in [6.07, 6.45) is 9.65. The van der Waals surface area contributed by atoms with E-state index in [1.807, 2.05) is 0 Å². The minimum atomic E-state index is -1.00. The van der Waals surface area contributed by atoms with E-state index in [-0.39, 0.29) is 0 Å². The molecule has 2 rings (SSSR count). The van der Waals surface area contributed by atoms with Gasteiger partial charge in [-0.3, -0.25) is 0 Å². The van der Waals surface area contributed by atoms with Gasteiger partial charge in [0.1, 0.15) is 5.67 Å². The lowest BCUT2D eigenvalue weighted by atomic mass is 9.61. The van der Waals surface area contributed by atoms with Crippen molar-refractivity contribution in [3.05, 3.63) is 10.6 Å². The molecule has 0 amide bonds. The Morgan fingerprint density at radius 2 is 2.14 bits per heavy atom. The minimum Gasteiger partial charge on any atom is -0.245 e. The molecule has 0 radical (unpaired) electrons. The van der Waals surface area contributed by atoms with E-state index >= 15 is 0 Å². The van der Waals surface area contributed by atoms with Gasteiger partial charge in [-0.1, -0.05) is 48.2 Å². The van der Waals surface area contributed by atoms with Crippen LogP contribution < -0.4 is 0 Å². The molecule has 0 spiro atoms. The first-order chi connectivity index (χ1) is 9.78. The Hall–Kier alpha value is 0.150. The summed E-state index contributed by atoms with van der Waals surface area (Å²) < 4.78 is 13.6. The highest BCUT2D eigenvalue weighted by Crippen LogP contribution is 2.60. The van der Waals surface area contributed by atoms with E-state index in [1.165, 1.54) is 38.5 Å². The van der Waals surface area contributed by atoms with Gasteiger partial charge >= 0.3 is 0 Å². The first kappa shape index (κ1) is 17.5. The maximum atomic E-state index is 13.6. The second kappa shape index (κ2) is 6.72. The maximum absolute atomic E-state index is 13.6. The number of halogens is 2. The molecule has 2 aliphatic carbocycles. The van der Waals surface area contributed by atoms with Crippen LogP contribution in [0.4, 0.5) is 4.39 Å². The van der Waals surface area contributed by atoms with Gasteiger partial charge in [-0.2, -0.15) is 0 Å². The second-order valence-electron chi connectivity index (χ2n) is 8.37. The third kappa shape index (κ3) is 3.92. The van der Waals surface area contributed by atoms with Crippen LogP contribution in [0, 0.1) is 23.2 Å². The molecule has 21 heavy (non-hydrogen) atoms. The van der Waals surface area contributed by atoms with Gasteiger partial charge in [0, 0.05) is 0 Å². The summed E-state index contributed by atoms with van der Waals surface area (Å²) in [5.41, 5.74) is 1.13. The molecule has 2 saturated carbocycles. The molecule has 2 aliphatic rings. The number of hydrogen-bond acceptors (Lipinski definition) is 0. The quantitative estimate of drug-likeness (QED) is 0.494. The predicted octanol–water partition coefficient (Wildman–Crippen LogP) is 7.04. The van der Waals surface area contributed by atoms with Crippen LogP contribution in [-0.4, -0.2) is 5.67 Å². The molecule has 0 aromatic heterocycles. The van der Waals surface area contributed by atoms with Crippen molar-refractivity contribution in [3.8, 4) is 0 Å². The molecule has 0 bridgehead atoms. The van der Waals surface area contributed by atoms with Gasteiger partial charge in [-0.25, -0.2) is 4.39 Å². The van der Waals surface area contributed by atoms with E-state index in [0.717, 1.165) is 24.2 Å². The molecule has 0 aromatic rings. The van der Waals surface area contributed by atoms with Gasteiger partial charge in [0.2, 0.25) is 0 Å². The molecular formula is C19H32BrF. The highest BCUT2D eigenvalue weighted by atomic mass is 79.9. The Labute approximate surface area is 139 Å². The van der Waals surface area contributed by atoms with E-state index in [2.05, 4.69) is 34.8 Å². The van der Waals surface area contributed by atoms with Crippen LogP contribution >= 0.6 is 15.9 Å². The van der Waals surface area contributed by atoms with Crippen molar-refractivity contribution in [2.24, 2.45) is 23.2 Å². The van der Waals surface area contributed by atoms with Crippen molar-refractivity contribution in [3.63, 3.8) is 0 Å². The lowest BCUT2D eigenvalue weighted by molar-refractivity contribution is 0.0906. The van der Waals surface area contributed by atoms with E-state index < -0.39 is 5.67 Å². The van der Waals surface area contributed by atoms with Crippen LogP contribution in [0.1, 0.15) is 79.1 Å². The fourth-order valence-corrected chi connectivity index (χ4v) is 5.74. The summed E-state index contributed by atoms with van der Waals surface area (Å²) >= 11 is 3.59. The fraction of sp³-hybridized carbons (Fsp3) is 0.895. The zero-order valence-electron chi connectivity index (χ0n) is 14.2. The largest absolute Gasteiger partial charge is 0.245 e. The van der Waals surface area contributed by atoms with Crippen molar-refractivity contribution in [1.29, 1.82) is 0 Å². The van der Waals surface area contributed by atoms with Gasteiger partial charge in [0.25, 0.3) is 0 Å². The average molecular weight is 359 g/mol. The Kier molecular flexibility index (Phi) is 5.60. The van der Waals surface area contributed by atoms with Crippen molar-refractivity contribution in [2.75, 3.05) is 0 Å². The lowest BCUT2D eigenvalue weighted by Crippen LogP contribution is -2.36. The van der Waals surface area contributed by atoms with Crippen molar-refractivity contribution >= 4 is 15.9 Å². The molecule has 4 atom stereocenters. The van der Waals surface area contributed by atoms with E-state index in [1.54, 1.807) is 19.4 Å². The molecular weight excluding hydrogens is 327 g/mol. The Morgan fingerprint density at radius 1 is 1.43 bits per heavy atom. The van der Waals surface area contributed by atoms with Crippen LogP contribution in [0.5, 0.6) is 0 Å². The van der Waals surface area contributed by atoms with E-state index in [9.17, 15) is 4.39 Å². The first-order valence-corrected chi connectivity index (χ1v) is 9.67. The molecule has 122 valence electrons. The van der Waals surface area contributed by atoms with E-state index in [4.69, 9.17) is 0 Å². The van der Waals surface area contributed by atoms with Gasteiger partial charge in [0.15, 0.2) is 0 Å². The zero-order valence-corrected chi connectivity index (χ0v) is 15.8. The smallest absolute Gasteiger partial charge is 0.105 e. The van der Waals surface area contributed by atoms with Gasteiger partial charge in [-0.05, 0) is 80.5 Å². The van der Waals surface area contributed by atoms with Crippen molar-refractivity contribution < 1.29 is 4.39 Å². The van der Waals surface area contributed by atoms with E-state index in [0.29, 0.717) is 11.8 Å². The predicted molar refractivity (Wildman–Crippen MR) is 93.4 cm³/mol. The number of fused-ring (bicyclic) bond motifs is 1. The number of allylic oxidation sites excluding steroid dienone is 1. The lowest BCUT2D eigenvalue weighted by Gasteiger charge is -2.44. The maximum Gasteiger partial charge on any atom is 0.105 e. The number of rotatable bonds is 5. The molecule has 1 unspecified atom stereocenters. The van der Waals surface area contributed by atoms with Gasteiger partial charge < -0.3 is 0 Å². The second-order valence-corrected chi connectivity index (χ2v) is 8.83. The monoisotopic (exact) mass is 358 g/mol. The standard InChI is InChI=1S/C19H32BrF/c1-14(7-5-11-18(2,3)21)16-9-10-17-15(13-20)8-6-12-19(16,17)4/h13-14,16-17H,5-12H2,1-4H3/b15-13+/t14-,16-,17+,19?/m1/s1. The summed E-state index contributed by atoms with van der Waals surface area (Å²) in [5.74, 6) is 2.35. The Balaban J connectivity index is 1.97. The number of alkyl halides is 1. The molecule has 0 heterocycles.